The highest BCUT2D eigenvalue weighted by atomic mass is 16.3. The number of aliphatic hydroxyl groups excluding tert-OH is 1. The number of rotatable bonds is 5. The van der Waals surface area contributed by atoms with Gasteiger partial charge in [-0.3, -0.25) is 0 Å². The second-order valence-corrected chi connectivity index (χ2v) is 6.08. The summed E-state index contributed by atoms with van der Waals surface area (Å²) in [7, 11) is 4.22. The zero-order chi connectivity index (χ0) is 13.8. The largest absolute Gasteiger partial charge is 0.395 e. The lowest BCUT2D eigenvalue weighted by atomic mass is 9.90. The van der Waals surface area contributed by atoms with Crippen molar-refractivity contribution in [2.45, 2.75) is 56.7 Å². The minimum absolute atomic E-state index is 0.0148. The molecule has 0 aliphatic heterocycles. The summed E-state index contributed by atoms with van der Waals surface area (Å²) in [4.78, 5) is 16.3. The summed E-state index contributed by atoms with van der Waals surface area (Å²) in [6.07, 6.45) is 6.68. The summed E-state index contributed by atoms with van der Waals surface area (Å²) in [6, 6.07) is 1.24. The van der Waals surface area contributed by atoms with Gasteiger partial charge in [0, 0.05) is 24.7 Å². The van der Waals surface area contributed by atoms with Gasteiger partial charge < -0.3 is 20.2 Å². The number of carbonyl (C=O) groups excluding carboxylic acids is 1. The van der Waals surface area contributed by atoms with Gasteiger partial charge in [0.15, 0.2) is 0 Å². The zero-order valence-corrected chi connectivity index (χ0v) is 12.1. The van der Waals surface area contributed by atoms with E-state index >= 15 is 0 Å². The molecule has 0 aromatic heterocycles. The summed E-state index contributed by atoms with van der Waals surface area (Å²) >= 11 is 0. The van der Waals surface area contributed by atoms with Crippen molar-refractivity contribution in [2.24, 2.45) is 0 Å². The third kappa shape index (κ3) is 4.08. The highest BCUT2D eigenvalue weighted by molar-refractivity contribution is 5.75. The van der Waals surface area contributed by atoms with E-state index < -0.39 is 0 Å². The minimum Gasteiger partial charge on any atom is -0.395 e. The predicted octanol–water partition coefficient (Wildman–Crippen LogP) is 1.03. The van der Waals surface area contributed by atoms with Crippen molar-refractivity contribution < 1.29 is 9.90 Å². The van der Waals surface area contributed by atoms with Crippen LogP contribution >= 0.6 is 0 Å². The van der Waals surface area contributed by atoms with Crippen LogP contribution in [-0.4, -0.2) is 66.3 Å². The number of nitrogens with one attached hydrogen (secondary N) is 1. The number of amides is 2. The molecule has 0 saturated heterocycles. The zero-order valence-electron chi connectivity index (χ0n) is 12.1. The van der Waals surface area contributed by atoms with Crippen LogP contribution in [0, 0.1) is 0 Å². The van der Waals surface area contributed by atoms with Crippen LogP contribution in [0.15, 0.2) is 0 Å². The van der Waals surface area contributed by atoms with E-state index in [1.165, 1.54) is 12.8 Å². The molecule has 110 valence electrons. The Hall–Kier alpha value is -0.810. The molecule has 0 bridgehead atoms. The van der Waals surface area contributed by atoms with Gasteiger partial charge in [0.05, 0.1) is 6.61 Å². The molecular weight excluding hydrogens is 242 g/mol. The van der Waals surface area contributed by atoms with Crippen molar-refractivity contribution in [1.82, 2.24) is 15.1 Å². The molecule has 2 aliphatic carbocycles. The molecule has 0 aromatic carbocycles. The molecule has 2 amide bonds. The van der Waals surface area contributed by atoms with Gasteiger partial charge in [-0.05, 0) is 52.6 Å². The first-order valence-electron chi connectivity index (χ1n) is 7.46. The number of nitrogens with zero attached hydrogens (tertiary/aromatic N) is 2. The van der Waals surface area contributed by atoms with E-state index in [-0.39, 0.29) is 18.7 Å². The van der Waals surface area contributed by atoms with Crippen molar-refractivity contribution in [2.75, 3.05) is 27.2 Å². The van der Waals surface area contributed by atoms with E-state index in [0.29, 0.717) is 18.6 Å². The summed E-state index contributed by atoms with van der Waals surface area (Å²) in [5.41, 5.74) is 0. The van der Waals surface area contributed by atoms with Crippen LogP contribution in [0.4, 0.5) is 4.79 Å². The maximum absolute atomic E-state index is 12.2. The normalized spacial score (nSPS) is 27.4. The standard InChI is InChI=1S/C14H27N3O2/c1-16(2)13-5-3-4-11(10-13)15-14(19)17(8-9-18)12-6-7-12/h11-13,18H,3-10H2,1-2H3,(H,15,19). The lowest BCUT2D eigenvalue weighted by Gasteiger charge is -2.35. The third-order valence-electron chi connectivity index (χ3n) is 4.29. The molecule has 0 heterocycles. The second-order valence-electron chi connectivity index (χ2n) is 6.08. The Bertz CT molecular complexity index is 305. The Kier molecular flexibility index (Phi) is 5.05. The number of hydrogen-bond donors (Lipinski definition) is 2. The van der Waals surface area contributed by atoms with Gasteiger partial charge in [-0.2, -0.15) is 0 Å². The molecule has 2 atom stereocenters. The average Bonchev–Trinajstić information content (AvgIpc) is 3.20. The summed E-state index contributed by atoms with van der Waals surface area (Å²) in [5, 5.41) is 12.2. The van der Waals surface area contributed by atoms with Crippen molar-refractivity contribution in [3.63, 3.8) is 0 Å². The summed E-state index contributed by atoms with van der Waals surface area (Å²) in [6.45, 7) is 0.509. The number of hydrogen-bond acceptors (Lipinski definition) is 3. The lowest BCUT2D eigenvalue weighted by Crippen LogP contribution is -2.50. The first-order valence-corrected chi connectivity index (χ1v) is 7.46. The van der Waals surface area contributed by atoms with Gasteiger partial charge in [0.25, 0.3) is 0 Å². The molecule has 0 spiro atoms. The molecule has 0 aromatic rings. The molecule has 2 rings (SSSR count). The first-order chi connectivity index (χ1) is 9.11. The Morgan fingerprint density at radius 3 is 2.53 bits per heavy atom. The smallest absolute Gasteiger partial charge is 0.317 e. The van der Waals surface area contributed by atoms with Crippen molar-refractivity contribution in [1.29, 1.82) is 0 Å². The topological polar surface area (TPSA) is 55.8 Å². The Morgan fingerprint density at radius 2 is 1.95 bits per heavy atom. The third-order valence-corrected chi connectivity index (χ3v) is 4.29. The predicted molar refractivity (Wildman–Crippen MR) is 75.1 cm³/mol. The van der Waals surface area contributed by atoms with E-state index in [9.17, 15) is 4.79 Å². The van der Waals surface area contributed by atoms with Crippen molar-refractivity contribution in [3.8, 4) is 0 Å². The Morgan fingerprint density at radius 1 is 1.21 bits per heavy atom. The molecule has 5 nitrogen and oxygen atoms in total. The fourth-order valence-electron chi connectivity index (χ4n) is 2.97. The number of aliphatic hydroxyl groups is 1. The monoisotopic (exact) mass is 269 g/mol. The highest BCUT2D eigenvalue weighted by Crippen LogP contribution is 2.27. The van der Waals surface area contributed by atoms with Gasteiger partial charge in [-0.15, -0.1) is 0 Å². The number of urea groups is 1. The van der Waals surface area contributed by atoms with E-state index in [0.717, 1.165) is 25.7 Å². The lowest BCUT2D eigenvalue weighted by molar-refractivity contribution is 0.158. The fraction of sp³-hybridized carbons (Fsp3) is 0.929. The van der Waals surface area contributed by atoms with Crippen LogP contribution in [-0.2, 0) is 0 Å². The van der Waals surface area contributed by atoms with Crippen LogP contribution in [0.2, 0.25) is 0 Å². The van der Waals surface area contributed by atoms with E-state index in [4.69, 9.17) is 5.11 Å². The molecule has 2 N–H and O–H groups in total. The van der Waals surface area contributed by atoms with Crippen molar-refractivity contribution >= 4 is 6.03 Å². The van der Waals surface area contributed by atoms with Crippen LogP contribution in [0.1, 0.15) is 38.5 Å². The molecule has 2 aliphatic rings. The van der Waals surface area contributed by atoms with Gasteiger partial charge in [-0.25, -0.2) is 4.79 Å². The quantitative estimate of drug-likeness (QED) is 0.783. The van der Waals surface area contributed by atoms with Gasteiger partial charge in [0.2, 0.25) is 0 Å². The van der Waals surface area contributed by atoms with Crippen LogP contribution in [0.25, 0.3) is 0 Å². The fourth-order valence-corrected chi connectivity index (χ4v) is 2.97. The van der Waals surface area contributed by atoms with Gasteiger partial charge in [0.1, 0.15) is 0 Å². The molecule has 19 heavy (non-hydrogen) atoms. The summed E-state index contributed by atoms with van der Waals surface area (Å²) < 4.78 is 0. The summed E-state index contributed by atoms with van der Waals surface area (Å²) in [5.74, 6) is 0. The highest BCUT2D eigenvalue weighted by Gasteiger charge is 2.33. The SMILES string of the molecule is CN(C)C1CCCC(NC(=O)N(CCO)C2CC2)C1. The molecular formula is C14H27N3O2. The Labute approximate surface area is 115 Å². The van der Waals surface area contributed by atoms with Crippen molar-refractivity contribution in [3.05, 3.63) is 0 Å². The molecule has 2 saturated carbocycles. The maximum Gasteiger partial charge on any atom is 0.317 e. The van der Waals surface area contributed by atoms with E-state index in [2.05, 4.69) is 24.3 Å². The van der Waals surface area contributed by atoms with Crippen LogP contribution < -0.4 is 5.32 Å². The Balaban J connectivity index is 1.83. The van der Waals surface area contributed by atoms with Crippen LogP contribution in [0.3, 0.4) is 0 Å². The maximum atomic E-state index is 12.2. The molecule has 5 heteroatoms. The van der Waals surface area contributed by atoms with Gasteiger partial charge in [-0.1, -0.05) is 0 Å². The van der Waals surface area contributed by atoms with E-state index in [1.54, 1.807) is 4.90 Å². The second kappa shape index (κ2) is 6.57. The molecule has 2 fully saturated rings. The first kappa shape index (κ1) is 14.6. The molecule has 2 unspecified atom stereocenters. The van der Waals surface area contributed by atoms with E-state index in [1.807, 2.05) is 0 Å². The van der Waals surface area contributed by atoms with Gasteiger partial charge >= 0.3 is 6.03 Å². The number of carbonyl (C=O) groups is 1. The average molecular weight is 269 g/mol. The molecule has 0 radical (unpaired) electrons. The van der Waals surface area contributed by atoms with Crippen LogP contribution in [0.5, 0.6) is 0 Å². The minimum atomic E-state index is 0.0148.